The molecule has 0 heterocycles. The normalized spacial score (nSPS) is 24.8. The fourth-order valence-electron chi connectivity index (χ4n) is 2.09. The predicted octanol–water partition coefficient (Wildman–Crippen LogP) is 0.322. The molecule has 2 unspecified atom stereocenters. The molecule has 2 atom stereocenters. The lowest BCUT2D eigenvalue weighted by Crippen LogP contribution is -2.43. The summed E-state index contributed by atoms with van der Waals surface area (Å²) < 4.78 is 0. The molecule has 3 N–H and O–H groups in total. The number of aliphatic hydroxyl groups is 1. The standard InChI is InChI=1S/C12H22N2O3/c1-9(15)13-8-7-12(17)14-10-5-3-2-4-6-11(10)16/h10-11,16H,2-8H2,1H3,(H,13,15)(H,14,17). The van der Waals surface area contributed by atoms with Crippen molar-refractivity contribution in [3.63, 3.8) is 0 Å². The molecule has 0 radical (unpaired) electrons. The highest BCUT2D eigenvalue weighted by Gasteiger charge is 2.22. The molecule has 0 spiro atoms. The van der Waals surface area contributed by atoms with Gasteiger partial charge in [-0.05, 0) is 12.8 Å². The van der Waals surface area contributed by atoms with Crippen LogP contribution >= 0.6 is 0 Å². The molecule has 98 valence electrons. The minimum absolute atomic E-state index is 0.107. The van der Waals surface area contributed by atoms with E-state index in [1.165, 1.54) is 6.92 Å². The number of nitrogens with one attached hydrogen (secondary N) is 2. The lowest BCUT2D eigenvalue weighted by atomic mass is 10.1. The highest BCUT2D eigenvalue weighted by atomic mass is 16.3. The van der Waals surface area contributed by atoms with Gasteiger partial charge in [0.2, 0.25) is 11.8 Å². The number of amides is 2. The maximum absolute atomic E-state index is 11.6. The molecule has 5 heteroatoms. The van der Waals surface area contributed by atoms with E-state index in [4.69, 9.17) is 0 Å². The summed E-state index contributed by atoms with van der Waals surface area (Å²) >= 11 is 0. The Morgan fingerprint density at radius 2 is 1.94 bits per heavy atom. The minimum atomic E-state index is -0.429. The second-order valence-corrected chi connectivity index (χ2v) is 4.61. The predicted molar refractivity (Wildman–Crippen MR) is 64.3 cm³/mol. The molecule has 0 aromatic rings. The highest BCUT2D eigenvalue weighted by Crippen LogP contribution is 2.17. The van der Waals surface area contributed by atoms with Crippen LogP contribution in [0.15, 0.2) is 0 Å². The van der Waals surface area contributed by atoms with Gasteiger partial charge in [-0.15, -0.1) is 0 Å². The Bertz CT molecular complexity index is 268. The Morgan fingerprint density at radius 3 is 2.65 bits per heavy atom. The van der Waals surface area contributed by atoms with Crippen LogP contribution in [0.2, 0.25) is 0 Å². The third kappa shape index (κ3) is 5.68. The summed E-state index contributed by atoms with van der Waals surface area (Å²) in [4.78, 5) is 22.2. The molecule has 1 aliphatic carbocycles. The van der Waals surface area contributed by atoms with E-state index in [1.54, 1.807) is 0 Å². The van der Waals surface area contributed by atoms with Gasteiger partial charge < -0.3 is 15.7 Å². The first-order valence-corrected chi connectivity index (χ1v) is 6.31. The van der Waals surface area contributed by atoms with Gasteiger partial charge in [0, 0.05) is 19.9 Å². The van der Waals surface area contributed by atoms with Crippen molar-refractivity contribution in [2.24, 2.45) is 0 Å². The lowest BCUT2D eigenvalue weighted by Gasteiger charge is -2.21. The monoisotopic (exact) mass is 242 g/mol. The first-order valence-electron chi connectivity index (χ1n) is 6.31. The second-order valence-electron chi connectivity index (χ2n) is 4.61. The van der Waals surface area contributed by atoms with Crippen LogP contribution in [0.25, 0.3) is 0 Å². The molecule has 0 bridgehead atoms. The van der Waals surface area contributed by atoms with Gasteiger partial charge in [0.05, 0.1) is 12.1 Å². The molecule has 1 aliphatic rings. The van der Waals surface area contributed by atoms with Gasteiger partial charge in [-0.3, -0.25) is 9.59 Å². The third-order valence-electron chi connectivity index (χ3n) is 3.05. The van der Waals surface area contributed by atoms with Crippen molar-refractivity contribution in [2.45, 2.75) is 57.6 Å². The van der Waals surface area contributed by atoms with Crippen molar-refractivity contribution < 1.29 is 14.7 Å². The van der Waals surface area contributed by atoms with Crippen molar-refractivity contribution in [3.05, 3.63) is 0 Å². The number of rotatable bonds is 4. The van der Waals surface area contributed by atoms with E-state index >= 15 is 0 Å². The van der Waals surface area contributed by atoms with Crippen LogP contribution in [-0.2, 0) is 9.59 Å². The molecule has 1 rings (SSSR count). The van der Waals surface area contributed by atoms with Crippen LogP contribution in [0.1, 0.15) is 45.4 Å². The molecule has 0 aromatic carbocycles. The van der Waals surface area contributed by atoms with Crippen LogP contribution in [0.3, 0.4) is 0 Å². The van der Waals surface area contributed by atoms with Crippen molar-refractivity contribution >= 4 is 11.8 Å². The van der Waals surface area contributed by atoms with Crippen molar-refractivity contribution in [3.8, 4) is 0 Å². The van der Waals surface area contributed by atoms with Crippen molar-refractivity contribution in [2.75, 3.05) is 6.54 Å². The van der Waals surface area contributed by atoms with Crippen LogP contribution in [0, 0.1) is 0 Å². The van der Waals surface area contributed by atoms with Crippen LogP contribution in [0.4, 0.5) is 0 Å². The van der Waals surface area contributed by atoms with Gasteiger partial charge in [-0.1, -0.05) is 19.3 Å². The van der Waals surface area contributed by atoms with Gasteiger partial charge in [0.15, 0.2) is 0 Å². The van der Waals surface area contributed by atoms with Gasteiger partial charge >= 0.3 is 0 Å². The maximum atomic E-state index is 11.6. The molecule has 0 saturated heterocycles. The smallest absolute Gasteiger partial charge is 0.222 e. The molecule has 1 fully saturated rings. The Balaban J connectivity index is 2.26. The van der Waals surface area contributed by atoms with E-state index < -0.39 is 6.10 Å². The first kappa shape index (κ1) is 14.0. The zero-order valence-corrected chi connectivity index (χ0v) is 10.4. The van der Waals surface area contributed by atoms with E-state index in [2.05, 4.69) is 10.6 Å². The zero-order chi connectivity index (χ0) is 12.7. The van der Waals surface area contributed by atoms with E-state index in [1.807, 2.05) is 0 Å². The molecule has 1 saturated carbocycles. The fraction of sp³-hybridized carbons (Fsp3) is 0.833. The van der Waals surface area contributed by atoms with Crippen molar-refractivity contribution in [1.29, 1.82) is 0 Å². The Kier molecular flexibility index (Phi) is 5.97. The van der Waals surface area contributed by atoms with Crippen LogP contribution in [0.5, 0.6) is 0 Å². The Labute approximate surface area is 102 Å². The quantitative estimate of drug-likeness (QED) is 0.621. The van der Waals surface area contributed by atoms with Crippen molar-refractivity contribution in [1.82, 2.24) is 10.6 Å². The first-order chi connectivity index (χ1) is 8.09. The summed E-state index contributed by atoms with van der Waals surface area (Å²) in [7, 11) is 0. The Hall–Kier alpha value is -1.10. The largest absolute Gasteiger partial charge is 0.391 e. The summed E-state index contributed by atoms with van der Waals surface area (Å²) in [5.74, 6) is -0.239. The van der Waals surface area contributed by atoms with Crippen LogP contribution in [-0.4, -0.2) is 35.6 Å². The molecular formula is C12H22N2O3. The summed E-state index contributed by atoms with van der Waals surface area (Å²) in [6.45, 7) is 1.77. The molecule has 0 aliphatic heterocycles. The summed E-state index contributed by atoms with van der Waals surface area (Å²) in [5.41, 5.74) is 0. The third-order valence-corrected chi connectivity index (χ3v) is 3.05. The van der Waals surface area contributed by atoms with Crippen LogP contribution < -0.4 is 10.6 Å². The summed E-state index contributed by atoms with van der Waals surface area (Å²) in [5, 5.41) is 15.2. The van der Waals surface area contributed by atoms with Gasteiger partial charge in [0.25, 0.3) is 0 Å². The topological polar surface area (TPSA) is 78.4 Å². The maximum Gasteiger partial charge on any atom is 0.222 e. The lowest BCUT2D eigenvalue weighted by molar-refractivity contribution is -0.123. The average molecular weight is 242 g/mol. The van der Waals surface area contributed by atoms with E-state index in [0.29, 0.717) is 6.54 Å². The molecule has 0 aromatic heterocycles. The average Bonchev–Trinajstić information content (AvgIpc) is 2.44. The Morgan fingerprint density at radius 1 is 1.24 bits per heavy atom. The summed E-state index contributed by atoms with van der Waals surface area (Å²) in [6.07, 6.45) is 4.64. The number of carbonyl (C=O) groups is 2. The number of carbonyl (C=O) groups excluding carboxylic acids is 2. The number of hydrogen-bond acceptors (Lipinski definition) is 3. The SMILES string of the molecule is CC(=O)NCCC(=O)NC1CCCCCC1O. The molecule has 17 heavy (non-hydrogen) atoms. The molecule has 5 nitrogen and oxygen atoms in total. The van der Waals surface area contributed by atoms with Gasteiger partial charge in [-0.2, -0.15) is 0 Å². The van der Waals surface area contributed by atoms with Gasteiger partial charge in [-0.25, -0.2) is 0 Å². The number of hydrogen-bond donors (Lipinski definition) is 3. The highest BCUT2D eigenvalue weighted by molar-refractivity contribution is 5.78. The van der Waals surface area contributed by atoms with E-state index in [9.17, 15) is 14.7 Å². The molecular weight excluding hydrogens is 220 g/mol. The van der Waals surface area contributed by atoms with E-state index in [0.717, 1.165) is 32.1 Å². The van der Waals surface area contributed by atoms with Gasteiger partial charge in [0.1, 0.15) is 0 Å². The zero-order valence-electron chi connectivity index (χ0n) is 10.4. The number of aliphatic hydroxyl groups excluding tert-OH is 1. The second kappa shape index (κ2) is 7.27. The molecule has 2 amide bonds. The fourth-order valence-corrected chi connectivity index (χ4v) is 2.09. The summed E-state index contributed by atoms with van der Waals surface area (Å²) in [6, 6.07) is -0.123. The minimum Gasteiger partial charge on any atom is -0.391 e. The van der Waals surface area contributed by atoms with E-state index in [-0.39, 0.29) is 24.3 Å².